The van der Waals surface area contributed by atoms with E-state index in [1.54, 1.807) is 0 Å². The SMILES string of the molecule is CCNC(=O)C1(C)c2ccccc2-c2ccccc21. The Bertz CT molecular complexity index is 600. The molecule has 1 aliphatic carbocycles. The smallest absolute Gasteiger partial charge is 0.234 e. The van der Waals surface area contributed by atoms with Crippen LogP contribution in [0.1, 0.15) is 25.0 Å². The van der Waals surface area contributed by atoms with Crippen molar-refractivity contribution >= 4 is 5.91 Å². The summed E-state index contributed by atoms with van der Waals surface area (Å²) in [7, 11) is 0. The highest BCUT2D eigenvalue weighted by Gasteiger charge is 2.44. The van der Waals surface area contributed by atoms with E-state index in [1.165, 1.54) is 11.1 Å². The van der Waals surface area contributed by atoms with E-state index in [1.807, 2.05) is 38.1 Å². The number of hydrogen-bond acceptors (Lipinski definition) is 1. The third-order valence-corrected chi connectivity index (χ3v) is 4.01. The molecule has 0 unspecified atom stereocenters. The first-order valence-electron chi connectivity index (χ1n) is 6.67. The van der Waals surface area contributed by atoms with Gasteiger partial charge in [0.05, 0.1) is 5.41 Å². The van der Waals surface area contributed by atoms with Gasteiger partial charge >= 0.3 is 0 Å². The van der Waals surface area contributed by atoms with Gasteiger partial charge in [0.2, 0.25) is 5.91 Å². The van der Waals surface area contributed by atoms with Crippen molar-refractivity contribution in [1.82, 2.24) is 5.32 Å². The van der Waals surface area contributed by atoms with Gasteiger partial charge in [0.15, 0.2) is 0 Å². The highest BCUT2D eigenvalue weighted by atomic mass is 16.2. The average molecular weight is 251 g/mol. The molecule has 0 saturated heterocycles. The highest BCUT2D eigenvalue weighted by Crippen LogP contribution is 2.48. The Hall–Kier alpha value is -2.09. The van der Waals surface area contributed by atoms with E-state index in [0.717, 1.165) is 11.1 Å². The second-order valence-corrected chi connectivity index (χ2v) is 5.08. The minimum Gasteiger partial charge on any atom is -0.355 e. The lowest BCUT2D eigenvalue weighted by Crippen LogP contribution is -2.41. The van der Waals surface area contributed by atoms with Gasteiger partial charge in [-0.3, -0.25) is 4.79 Å². The highest BCUT2D eigenvalue weighted by molar-refractivity contribution is 6.00. The van der Waals surface area contributed by atoms with E-state index >= 15 is 0 Å². The Morgan fingerprint density at radius 3 is 1.95 bits per heavy atom. The lowest BCUT2D eigenvalue weighted by Gasteiger charge is -2.25. The van der Waals surface area contributed by atoms with Crippen LogP contribution in [-0.4, -0.2) is 12.5 Å². The molecular weight excluding hydrogens is 234 g/mol. The molecule has 0 heterocycles. The largest absolute Gasteiger partial charge is 0.355 e. The molecule has 96 valence electrons. The predicted octanol–water partition coefficient (Wildman–Crippen LogP) is 3.11. The Kier molecular flexibility index (Phi) is 2.67. The van der Waals surface area contributed by atoms with Gasteiger partial charge in [0, 0.05) is 6.54 Å². The summed E-state index contributed by atoms with van der Waals surface area (Å²) in [5.41, 5.74) is 3.96. The number of amides is 1. The number of nitrogens with one attached hydrogen (secondary N) is 1. The van der Waals surface area contributed by atoms with Crippen molar-refractivity contribution < 1.29 is 4.79 Å². The lowest BCUT2D eigenvalue weighted by molar-refractivity contribution is -0.124. The Labute approximate surface area is 113 Å². The molecule has 2 heteroatoms. The van der Waals surface area contributed by atoms with Crippen molar-refractivity contribution in [3.05, 3.63) is 59.7 Å². The van der Waals surface area contributed by atoms with Gasteiger partial charge in [0.1, 0.15) is 0 Å². The summed E-state index contributed by atoms with van der Waals surface area (Å²) < 4.78 is 0. The van der Waals surface area contributed by atoms with Crippen LogP contribution >= 0.6 is 0 Å². The second-order valence-electron chi connectivity index (χ2n) is 5.08. The maximum Gasteiger partial charge on any atom is 0.234 e. The predicted molar refractivity (Wildman–Crippen MR) is 77.0 cm³/mol. The van der Waals surface area contributed by atoms with Gasteiger partial charge < -0.3 is 5.32 Å². The number of likely N-dealkylation sites (N-methyl/N-ethyl adjacent to an activating group) is 1. The number of fused-ring (bicyclic) bond motifs is 3. The molecule has 0 saturated carbocycles. The monoisotopic (exact) mass is 251 g/mol. The quantitative estimate of drug-likeness (QED) is 0.873. The topological polar surface area (TPSA) is 29.1 Å². The summed E-state index contributed by atoms with van der Waals surface area (Å²) in [4.78, 5) is 12.6. The second kappa shape index (κ2) is 4.23. The number of hydrogen-bond donors (Lipinski definition) is 1. The molecule has 0 radical (unpaired) electrons. The fraction of sp³-hybridized carbons (Fsp3) is 0.235. The van der Waals surface area contributed by atoms with Crippen LogP contribution in [0.5, 0.6) is 0 Å². The van der Waals surface area contributed by atoms with E-state index < -0.39 is 5.41 Å². The molecule has 2 nitrogen and oxygen atoms in total. The first-order valence-corrected chi connectivity index (χ1v) is 6.67. The fourth-order valence-corrected chi connectivity index (χ4v) is 3.04. The van der Waals surface area contributed by atoms with Crippen molar-refractivity contribution in [2.24, 2.45) is 0 Å². The zero-order chi connectivity index (χ0) is 13.5. The van der Waals surface area contributed by atoms with Crippen LogP contribution in [0.4, 0.5) is 0 Å². The molecule has 2 aromatic rings. The van der Waals surface area contributed by atoms with Gasteiger partial charge in [-0.05, 0) is 36.1 Å². The van der Waals surface area contributed by atoms with Crippen LogP contribution in [-0.2, 0) is 10.2 Å². The van der Waals surface area contributed by atoms with Crippen LogP contribution in [0.25, 0.3) is 11.1 Å². The molecule has 0 fully saturated rings. The molecule has 1 N–H and O–H groups in total. The molecule has 0 aliphatic heterocycles. The van der Waals surface area contributed by atoms with Gasteiger partial charge in [0.25, 0.3) is 0 Å². The third kappa shape index (κ3) is 1.53. The van der Waals surface area contributed by atoms with Gasteiger partial charge in [-0.25, -0.2) is 0 Å². The third-order valence-electron chi connectivity index (χ3n) is 4.01. The average Bonchev–Trinajstić information content (AvgIpc) is 2.72. The van der Waals surface area contributed by atoms with Gasteiger partial charge in [-0.15, -0.1) is 0 Å². The summed E-state index contributed by atoms with van der Waals surface area (Å²) in [6.07, 6.45) is 0. The fourth-order valence-electron chi connectivity index (χ4n) is 3.04. The summed E-state index contributed by atoms with van der Waals surface area (Å²) >= 11 is 0. The van der Waals surface area contributed by atoms with Crippen LogP contribution in [0, 0.1) is 0 Å². The molecule has 0 bridgehead atoms. The Balaban J connectivity index is 2.28. The maximum atomic E-state index is 12.6. The minimum absolute atomic E-state index is 0.0763. The Morgan fingerprint density at radius 1 is 1.00 bits per heavy atom. The van der Waals surface area contributed by atoms with Crippen LogP contribution in [0.2, 0.25) is 0 Å². The zero-order valence-corrected chi connectivity index (χ0v) is 11.2. The van der Waals surface area contributed by atoms with Crippen LogP contribution in [0.3, 0.4) is 0 Å². The summed E-state index contributed by atoms with van der Waals surface area (Å²) in [5, 5.41) is 2.97. The van der Waals surface area contributed by atoms with E-state index in [9.17, 15) is 4.79 Å². The minimum atomic E-state index is -0.580. The first kappa shape index (κ1) is 12.0. The van der Waals surface area contributed by atoms with E-state index in [0.29, 0.717) is 6.54 Å². The summed E-state index contributed by atoms with van der Waals surface area (Å²) in [6, 6.07) is 16.4. The molecule has 1 amide bonds. The molecule has 19 heavy (non-hydrogen) atoms. The molecular formula is C17H17NO. The van der Waals surface area contributed by atoms with E-state index in [4.69, 9.17) is 0 Å². The summed E-state index contributed by atoms with van der Waals surface area (Å²) in [6.45, 7) is 4.62. The summed E-state index contributed by atoms with van der Waals surface area (Å²) in [5.74, 6) is 0.0763. The first-order chi connectivity index (χ1) is 9.19. The normalized spacial score (nSPS) is 14.6. The van der Waals surface area contributed by atoms with E-state index in [-0.39, 0.29) is 5.91 Å². The van der Waals surface area contributed by atoms with Crippen LogP contribution in [0.15, 0.2) is 48.5 Å². The van der Waals surface area contributed by atoms with Crippen molar-refractivity contribution in [3.63, 3.8) is 0 Å². The van der Waals surface area contributed by atoms with Gasteiger partial charge in [-0.1, -0.05) is 48.5 Å². The number of carbonyl (C=O) groups is 1. The zero-order valence-electron chi connectivity index (χ0n) is 11.2. The molecule has 1 aliphatic rings. The lowest BCUT2D eigenvalue weighted by atomic mass is 9.79. The molecule has 2 aromatic carbocycles. The standard InChI is InChI=1S/C17H17NO/c1-3-18-16(19)17(2)14-10-6-4-8-12(14)13-9-5-7-11-15(13)17/h4-11H,3H2,1-2H3,(H,18,19). The van der Waals surface area contributed by atoms with Gasteiger partial charge in [-0.2, -0.15) is 0 Å². The Morgan fingerprint density at radius 2 is 1.47 bits per heavy atom. The molecule has 0 spiro atoms. The van der Waals surface area contributed by atoms with Crippen molar-refractivity contribution in [3.8, 4) is 11.1 Å². The maximum absolute atomic E-state index is 12.6. The van der Waals surface area contributed by atoms with E-state index in [2.05, 4.69) is 29.6 Å². The number of carbonyl (C=O) groups excluding carboxylic acids is 1. The molecule has 0 atom stereocenters. The van der Waals surface area contributed by atoms with Crippen molar-refractivity contribution in [2.75, 3.05) is 6.54 Å². The van der Waals surface area contributed by atoms with Crippen molar-refractivity contribution in [1.29, 1.82) is 0 Å². The molecule has 0 aromatic heterocycles. The molecule has 3 rings (SSSR count). The number of benzene rings is 2. The number of rotatable bonds is 2. The van der Waals surface area contributed by atoms with Crippen molar-refractivity contribution in [2.45, 2.75) is 19.3 Å². The van der Waals surface area contributed by atoms with Crippen LogP contribution < -0.4 is 5.32 Å².